The van der Waals surface area contributed by atoms with Gasteiger partial charge in [-0.1, -0.05) is 13.8 Å². The topological polar surface area (TPSA) is 54.4 Å². The van der Waals surface area contributed by atoms with E-state index >= 15 is 0 Å². The fraction of sp³-hybridized carbons (Fsp3) is 0.500. The van der Waals surface area contributed by atoms with Crippen molar-refractivity contribution in [2.75, 3.05) is 0 Å². The summed E-state index contributed by atoms with van der Waals surface area (Å²) in [6.07, 6.45) is 0. The van der Waals surface area contributed by atoms with Crippen LogP contribution in [0, 0.1) is 5.92 Å². The van der Waals surface area contributed by atoms with Crippen LogP contribution in [-0.2, 0) is 10.1 Å². The molecule has 1 rings (SSSR count). The van der Waals surface area contributed by atoms with E-state index in [-0.39, 0.29) is 5.92 Å². The molecule has 1 heterocycles. The normalized spacial score (nSPS) is 14.8. The number of rotatable bonds is 3. The quantitative estimate of drug-likeness (QED) is 0.795. The third kappa shape index (κ3) is 2.52. The Balaban J connectivity index is 3.09. The van der Waals surface area contributed by atoms with E-state index in [4.69, 9.17) is 4.55 Å². The molecule has 1 unspecified atom stereocenters. The summed E-state index contributed by atoms with van der Waals surface area (Å²) in [5.74, 6) is -0.121. The van der Waals surface area contributed by atoms with E-state index in [2.05, 4.69) is 0 Å². The first-order valence-electron chi connectivity index (χ1n) is 3.91. The zero-order chi connectivity index (χ0) is 10.1. The molecule has 0 radical (unpaired) electrons. The van der Waals surface area contributed by atoms with Crippen LogP contribution in [0.5, 0.6) is 0 Å². The molecule has 1 aromatic heterocycles. The van der Waals surface area contributed by atoms with Crippen molar-refractivity contribution in [3.05, 3.63) is 22.4 Å². The smallest absolute Gasteiger partial charge is 0.272 e. The lowest BCUT2D eigenvalue weighted by molar-refractivity contribution is 0.446. The van der Waals surface area contributed by atoms with Crippen LogP contribution in [0.3, 0.4) is 0 Å². The first-order valence-corrected chi connectivity index (χ1v) is 6.36. The van der Waals surface area contributed by atoms with Gasteiger partial charge < -0.3 is 0 Å². The van der Waals surface area contributed by atoms with Crippen molar-refractivity contribution in [3.63, 3.8) is 0 Å². The minimum atomic E-state index is -3.98. The van der Waals surface area contributed by atoms with Crippen molar-refractivity contribution in [2.45, 2.75) is 19.1 Å². The molecule has 0 saturated heterocycles. The predicted octanol–water partition coefficient (Wildman–Crippen LogP) is 2.33. The summed E-state index contributed by atoms with van der Waals surface area (Å²) in [6, 6.07) is 1.73. The molecule has 0 fully saturated rings. The summed E-state index contributed by atoms with van der Waals surface area (Å²) >= 11 is 1.43. The third-order valence-corrected chi connectivity index (χ3v) is 3.96. The predicted molar refractivity (Wildman–Crippen MR) is 53.4 cm³/mol. The molecule has 3 nitrogen and oxygen atoms in total. The fourth-order valence-electron chi connectivity index (χ4n) is 1.34. The molecule has 0 aliphatic heterocycles. The lowest BCUT2D eigenvalue weighted by Gasteiger charge is -2.15. The van der Waals surface area contributed by atoms with Gasteiger partial charge >= 0.3 is 0 Å². The number of thiophene rings is 1. The second-order valence-corrected chi connectivity index (χ2v) is 5.55. The van der Waals surface area contributed by atoms with Crippen LogP contribution >= 0.6 is 11.3 Å². The van der Waals surface area contributed by atoms with Gasteiger partial charge in [-0.05, 0) is 28.3 Å². The Morgan fingerprint density at radius 2 is 2.08 bits per heavy atom. The summed E-state index contributed by atoms with van der Waals surface area (Å²) < 4.78 is 31.1. The minimum absolute atomic E-state index is 0.121. The molecule has 74 valence electrons. The van der Waals surface area contributed by atoms with Crippen molar-refractivity contribution < 1.29 is 13.0 Å². The number of hydrogen-bond acceptors (Lipinski definition) is 3. The van der Waals surface area contributed by atoms with Crippen molar-refractivity contribution in [3.8, 4) is 0 Å². The highest BCUT2D eigenvalue weighted by Gasteiger charge is 2.28. The van der Waals surface area contributed by atoms with Crippen LogP contribution < -0.4 is 0 Å². The zero-order valence-electron chi connectivity index (χ0n) is 7.47. The Kier molecular flexibility index (Phi) is 3.10. The monoisotopic (exact) mass is 220 g/mol. The molecule has 1 aromatic rings. The van der Waals surface area contributed by atoms with Gasteiger partial charge in [-0.15, -0.1) is 0 Å². The molecule has 0 amide bonds. The summed E-state index contributed by atoms with van der Waals surface area (Å²) in [4.78, 5) is 0. The Hall–Kier alpha value is -0.390. The SMILES string of the molecule is CC(C)C(c1ccsc1)S(=O)(=O)O. The number of hydrogen-bond donors (Lipinski definition) is 1. The summed E-state index contributed by atoms with van der Waals surface area (Å²) in [5, 5.41) is 2.76. The van der Waals surface area contributed by atoms with Crippen molar-refractivity contribution in [2.24, 2.45) is 5.92 Å². The molecule has 1 N–H and O–H groups in total. The van der Waals surface area contributed by atoms with Crippen molar-refractivity contribution >= 4 is 21.5 Å². The summed E-state index contributed by atoms with van der Waals surface area (Å²) in [5.41, 5.74) is 0.669. The van der Waals surface area contributed by atoms with Crippen LogP contribution in [0.1, 0.15) is 24.7 Å². The van der Waals surface area contributed by atoms with Crippen LogP contribution in [0.2, 0.25) is 0 Å². The molecular formula is C8H12O3S2. The van der Waals surface area contributed by atoms with Gasteiger partial charge in [-0.25, -0.2) is 0 Å². The standard InChI is InChI=1S/C8H12O3S2/c1-6(2)8(13(9,10)11)7-3-4-12-5-7/h3-6,8H,1-2H3,(H,9,10,11). The van der Waals surface area contributed by atoms with Gasteiger partial charge in [0, 0.05) is 0 Å². The van der Waals surface area contributed by atoms with Crippen LogP contribution in [0.25, 0.3) is 0 Å². The lowest BCUT2D eigenvalue weighted by Crippen LogP contribution is -2.17. The Labute approximate surface area is 82.2 Å². The zero-order valence-corrected chi connectivity index (χ0v) is 9.10. The van der Waals surface area contributed by atoms with Gasteiger partial charge in [-0.2, -0.15) is 19.8 Å². The highest BCUT2D eigenvalue weighted by atomic mass is 32.2. The van der Waals surface area contributed by atoms with Gasteiger partial charge in [0.15, 0.2) is 0 Å². The van der Waals surface area contributed by atoms with E-state index in [1.54, 1.807) is 30.7 Å². The van der Waals surface area contributed by atoms with E-state index in [1.165, 1.54) is 11.3 Å². The van der Waals surface area contributed by atoms with E-state index < -0.39 is 15.4 Å². The summed E-state index contributed by atoms with van der Waals surface area (Å²) in [7, 11) is -3.98. The molecule has 0 spiro atoms. The maximum absolute atomic E-state index is 11.0. The minimum Gasteiger partial charge on any atom is -0.285 e. The van der Waals surface area contributed by atoms with Gasteiger partial charge in [0.2, 0.25) is 0 Å². The third-order valence-electron chi connectivity index (χ3n) is 1.80. The largest absolute Gasteiger partial charge is 0.285 e. The first kappa shape index (κ1) is 10.7. The van der Waals surface area contributed by atoms with Crippen molar-refractivity contribution in [1.29, 1.82) is 0 Å². The average Bonchev–Trinajstić information content (AvgIpc) is 2.34. The molecule has 1 atom stereocenters. The van der Waals surface area contributed by atoms with E-state index in [9.17, 15) is 8.42 Å². The first-order chi connectivity index (χ1) is 5.93. The Bertz CT molecular complexity index is 351. The van der Waals surface area contributed by atoms with Gasteiger partial charge in [-0.3, -0.25) is 4.55 Å². The summed E-state index contributed by atoms with van der Waals surface area (Å²) in [6.45, 7) is 3.55. The second kappa shape index (κ2) is 3.77. The fourth-order valence-corrected chi connectivity index (χ4v) is 3.30. The molecule has 5 heteroatoms. The maximum atomic E-state index is 11.0. The van der Waals surface area contributed by atoms with E-state index in [0.717, 1.165) is 0 Å². The molecule has 0 aliphatic carbocycles. The molecular weight excluding hydrogens is 208 g/mol. The molecule has 0 saturated carbocycles. The highest BCUT2D eigenvalue weighted by Crippen LogP contribution is 2.30. The lowest BCUT2D eigenvalue weighted by atomic mass is 10.1. The second-order valence-electron chi connectivity index (χ2n) is 3.24. The highest BCUT2D eigenvalue weighted by molar-refractivity contribution is 7.86. The average molecular weight is 220 g/mol. The molecule has 0 bridgehead atoms. The van der Waals surface area contributed by atoms with Gasteiger partial charge in [0.25, 0.3) is 10.1 Å². The van der Waals surface area contributed by atoms with E-state index in [1.807, 2.05) is 0 Å². The Morgan fingerprint density at radius 1 is 1.46 bits per heavy atom. The maximum Gasteiger partial charge on any atom is 0.272 e. The van der Waals surface area contributed by atoms with Crippen LogP contribution in [0.15, 0.2) is 16.8 Å². The van der Waals surface area contributed by atoms with Gasteiger partial charge in [0.1, 0.15) is 5.25 Å². The molecule has 13 heavy (non-hydrogen) atoms. The van der Waals surface area contributed by atoms with E-state index in [0.29, 0.717) is 5.56 Å². The molecule has 0 aliphatic rings. The van der Waals surface area contributed by atoms with Crippen molar-refractivity contribution in [1.82, 2.24) is 0 Å². The van der Waals surface area contributed by atoms with Crippen LogP contribution in [-0.4, -0.2) is 13.0 Å². The Morgan fingerprint density at radius 3 is 2.38 bits per heavy atom. The molecule has 0 aromatic carbocycles. The van der Waals surface area contributed by atoms with Crippen LogP contribution in [0.4, 0.5) is 0 Å². The van der Waals surface area contributed by atoms with Gasteiger partial charge in [0.05, 0.1) is 0 Å².